The maximum absolute atomic E-state index is 5.80. The molecule has 3 aromatic rings. The van der Waals surface area contributed by atoms with Gasteiger partial charge in [0.15, 0.2) is 5.76 Å². The fraction of sp³-hybridized carbons (Fsp3) is 0.118. The van der Waals surface area contributed by atoms with Crippen molar-refractivity contribution in [2.24, 2.45) is 0 Å². The first-order valence-corrected chi connectivity index (χ1v) is 7.52. The van der Waals surface area contributed by atoms with Crippen molar-refractivity contribution < 1.29 is 4.42 Å². The molecule has 0 amide bonds. The summed E-state index contributed by atoms with van der Waals surface area (Å²) in [4.78, 5) is 4.53. The molecule has 0 fully saturated rings. The third kappa shape index (κ3) is 2.63. The molecule has 1 heterocycles. The van der Waals surface area contributed by atoms with E-state index in [9.17, 15) is 0 Å². The van der Waals surface area contributed by atoms with Crippen molar-refractivity contribution in [2.45, 2.75) is 13.8 Å². The maximum Gasteiger partial charge on any atom is 0.258 e. The number of aryl methyl sites for hydroxylation is 2. The number of rotatable bonds is 2. The van der Waals surface area contributed by atoms with Gasteiger partial charge >= 0.3 is 0 Å². The molecule has 3 heteroatoms. The van der Waals surface area contributed by atoms with Crippen LogP contribution in [0.3, 0.4) is 0 Å². The van der Waals surface area contributed by atoms with Crippen LogP contribution >= 0.6 is 22.6 Å². The van der Waals surface area contributed by atoms with Gasteiger partial charge in [-0.1, -0.05) is 59.7 Å². The number of benzene rings is 2. The second-order valence-electron chi connectivity index (χ2n) is 4.88. The minimum absolute atomic E-state index is 0.661. The van der Waals surface area contributed by atoms with E-state index in [2.05, 4.69) is 90.0 Å². The Morgan fingerprint density at radius 2 is 1.30 bits per heavy atom. The van der Waals surface area contributed by atoms with Crippen LogP contribution in [0.15, 0.2) is 52.9 Å². The molecule has 0 aliphatic heterocycles. The molecule has 0 unspecified atom stereocenters. The predicted molar refractivity (Wildman–Crippen MR) is 89.6 cm³/mol. The van der Waals surface area contributed by atoms with Crippen LogP contribution in [0.1, 0.15) is 11.1 Å². The molecule has 0 saturated heterocycles. The van der Waals surface area contributed by atoms with Crippen LogP contribution in [0.2, 0.25) is 0 Å². The van der Waals surface area contributed by atoms with E-state index in [0.717, 1.165) is 22.6 Å². The van der Waals surface area contributed by atoms with E-state index in [1.165, 1.54) is 11.1 Å². The molecule has 2 aromatic carbocycles. The summed E-state index contributed by atoms with van der Waals surface area (Å²) in [6, 6.07) is 16.7. The van der Waals surface area contributed by atoms with E-state index in [1.54, 1.807) is 0 Å². The number of hydrogen-bond acceptors (Lipinski definition) is 2. The lowest BCUT2D eigenvalue weighted by Gasteiger charge is -2.02. The number of aromatic nitrogens is 1. The normalized spacial score (nSPS) is 10.8. The maximum atomic E-state index is 5.80. The van der Waals surface area contributed by atoms with Crippen LogP contribution < -0.4 is 0 Å². The molecule has 0 spiro atoms. The van der Waals surface area contributed by atoms with Crippen LogP contribution in [-0.2, 0) is 0 Å². The van der Waals surface area contributed by atoms with Gasteiger partial charge < -0.3 is 4.42 Å². The van der Waals surface area contributed by atoms with E-state index >= 15 is 0 Å². The Bertz CT molecular complexity index is 664. The molecule has 1 aromatic heterocycles. The highest BCUT2D eigenvalue weighted by molar-refractivity contribution is 14.1. The molecule has 3 rings (SSSR count). The SMILES string of the molecule is Cc1ccc(-c2nc(I)oc2-c2ccc(C)cc2)cc1. The van der Waals surface area contributed by atoms with E-state index in [0.29, 0.717) is 3.90 Å². The summed E-state index contributed by atoms with van der Waals surface area (Å²) in [5.41, 5.74) is 5.52. The van der Waals surface area contributed by atoms with Gasteiger partial charge in [0.1, 0.15) is 5.69 Å². The molecule has 0 bridgehead atoms. The van der Waals surface area contributed by atoms with Crippen molar-refractivity contribution in [1.82, 2.24) is 4.98 Å². The first-order valence-electron chi connectivity index (χ1n) is 6.44. The first-order chi connectivity index (χ1) is 9.63. The summed E-state index contributed by atoms with van der Waals surface area (Å²) in [6.07, 6.45) is 0. The number of nitrogens with zero attached hydrogens (tertiary/aromatic N) is 1. The van der Waals surface area contributed by atoms with Gasteiger partial charge in [-0.3, -0.25) is 0 Å². The average molecular weight is 375 g/mol. The zero-order valence-electron chi connectivity index (χ0n) is 11.4. The van der Waals surface area contributed by atoms with Gasteiger partial charge in [-0.05, 0) is 13.8 Å². The van der Waals surface area contributed by atoms with Gasteiger partial charge in [0.05, 0.1) is 0 Å². The van der Waals surface area contributed by atoms with Gasteiger partial charge in [-0.25, -0.2) is 4.98 Å². The third-order valence-electron chi connectivity index (χ3n) is 3.24. The van der Waals surface area contributed by atoms with E-state index in [-0.39, 0.29) is 0 Å². The summed E-state index contributed by atoms with van der Waals surface area (Å²) in [6.45, 7) is 4.16. The fourth-order valence-corrected chi connectivity index (χ4v) is 2.56. The Labute approximate surface area is 132 Å². The molecule has 2 nitrogen and oxygen atoms in total. The summed E-state index contributed by atoms with van der Waals surface area (Å²) >= 11 is 2.12. The van der Waals surface area contributed by atoms with Crippen molar-refractivity contribution in [2.75, 3.05) is 0 Å². The van der Waals surface area contributed by atoms with Crippen LogP contribution in [0.5, 0.6) is 0 Å². The molecule has 0 aliphatic carbocycles. The molecule has 0 saturated carbocycles. The van der Waals surface area contributed by atoms with Gasteiger partial charge in [-0.2, -0.15) is 0 Å². The zero-order valence-corrected chi connectivity index (χ0v) is 13.5. The lowest BCUT2D eigenvalue weighted by molar-refractivity contribution is 0.539. The van der Waals surface area contributed by atoms with Crippen molar-refractivity contribution in [3.8, 4) is 22.6 Å². The van der Waals surface area contributed by atoms with E-state index in [1.807, 2.05) is 0 Å². The van der Waals surface area contributed by atoms with Gasteiger partial charge in [0, 0.05) is 33.7 Å². The Kier molecular flexibility index (Phi) is 3.61. The van der Waals surface area contributed by atoms with Crippen LogP contribution in [0.25, 0.3) is 22.6 Å². The summed E-state index contributed by atoms with van der Waals surface area (Å²) in [7, 11) is 0. The smallest absolute Gasteiger partial charge is 0.258 e. The average Bonchev–Trinajstić information content (AvgIpc) is 2.82. The van der Waals surface area contributed by atoms with Crippen molar-refractivity contribution >= 4 is 22.6 Å². The lowest BCUT2D eigenvalue weighted by Crippen LogP contribution is -1.83. The second-order valence-corrected chi connectivity index (χ2v) is 5.80. The molecule has 20 heavy (non-hydrogen) atoms. The summed E-state index contributed by atoms with van der Waals surface area (Å²) in [5.74, 6) is 0.832. The van der Waals surface area contributed by atoms with Crippen LogP contribution in [-0.4, -0.2) is 4.98 Å². The third-order valence-corrected chi connectivity index (χ3v) is 3.70. The van der Waals surface area contributed by atoms with Crippen molar-refractivity contribution in [3.05, 3.63) is 63.6 Å². The fourth-order valence-electron chi connectivity index (χ4n) is 2.10. The Morgan fingerprint density at radius 3 is 1.85 bits per heavy atom. The number of halogens is 1. The summed E-state index contributed by atoms with van der Waals surface area (Å²) < 4.78 is 6.46. The molecule has 0 aliphatic rings. The monoisotopic (exact) mass is 375 g/mol. The molecular formula is C17H14INO. The second kappa shape index (κ2) is 5.40. The highest BCUT2D eigenvalue weighted by Gasteiger charge is 2.15. The van der Waals surface area contributed by atoms with Crippen LogP contribution in [0, 0.1) is 17.7 Å². The Balaban J connectivity index is 2.12. The highest BCUT2D eigenvalue weighted by Crippen LogP contribution is 2.33. The number of oxazole rings is 1. The van der Waals surface area contributed by atoms with E-state index < -0.39 is 0 Å². The van der Waals surface area contributed by atoms with Crippen molar-refractivity contribution in [1.29, 1.82) is 0 Å². The molecular weight excluding hydrogens is 361 g/mol. The van der Waals surface area contributed by atoms with Gasteiger partial charge in [-0.15, -0.1) is 0 Å². The first kappa shape index (κ1) is 13.4. The van der Waals surface area contributed by atoms with Crippen molar-refractivity contribution in [3.63, 3.8) is 0 Å². The van der Waals surface area contributed by atoms with E-state index in [4.69, 9.17) is 4.42 Å². The molecule has 0 radical (unpaired) electrons. The minimum atomic E-state index is 0.661. The van der Waals surface area contributed by atoms with Gasteiger partial charge in [0.2, 0.25) is 0 Å². The molecule has 0 N–H and O–H groups in total. The standard InChI is InChI=1S/C17H14INO/c1-11-3-7-13(8-4-11)15-16(20-17(18)19-15)14-9-5-12(2)6-10-14/h3-10H,1-2H3. The zero-order chi connectivity index (χ0) is 14.1. The molecule has 0 atom stereocenters. The highest BCUT2D eigenvalue weighted by atomic mass is 127. The predicted octanol–water partition coefficient (Wildman–Crippen LogP) is 5.23. The molecule has 100 valence electrons. The largest absolute Gasteiger partial charge is 0.431 e. The number of hydrogen-bond donors (Lipinski definition) is 0. The minimum Gasteiger partial charge on any atom is -0.431 e. The topological polar surface area (TPSA) is 26.0 Å². The Morgan fingerprint density at radius 1 is 0.800 bits per heavy atom. The quantitative estimate of drug-likeness (QED) is 0.574. The summed E-state index contributed by atoms with van der Waals surface area (Å²) in [5, 5.41) is 0. The van der Waals surface area contributed by atoms with Crippen LogP contribution in [0.4, 0.5) is 0 Å². The van der Waals surface area contributed by atoms with Gasteiger partial charge in [0.25, 0.3) is 3.90 Å². The Hall–Kier alpha value is -1.62. The lowest BCUT2D eigenvalue weighted by atomic mass is 10.0.